The Morgan fingerprint density at radius 2 is 1.71 bits per heavy atom. The fourth-order valence-electron chi connectivity index (χ4n) is 2.34. The van der Waals surface area contributed by atoms with Gasteiger partial charge in [0.15, 0.2) is 10.9 Å². The molecule has 0 radical (unpaired) electrons. The van der Waals surface area contributed by atoms with Crippen molar-refractivity contribution in [3.8, 4) is 11.4 Å². The molecule has 3 rings (SSSR count). The van der Waals surface area contributed by atoms with Crippen molar-refractivity contribution in [2.45, 2.75) is 13.8 Å². The van der Waals surface area contributed by atoms with Crippen molar-refractivity contribution in [1.29, 1.82) is 0 Å². The summed E-state index contributed by atoms with van der Waals surface area (Å²) in [6.07, 6.45) is 0. The molecule has 24 heavy (non-hydrogen) atoms. The van der Waals surface area contributed by atoms with Crippen LogP contribution in [0.2, 0.25) is 0 Å². The van der Waals surface area contributed by atoms with Gasteiger partial charge in [-0.3, -0.25) is 0 Å². The Morgan fingerprint density at radius 3 is 2.46 bits per heavy atom. The first kappa shape index (κ1) is 16.3. The minimum Gasteiger partial charge on any atom is -0.362 e. The number of fused-ring (bicyclic) bond motifs is 1. The third-order valence-electron chi connectivity index (χ3n) is 3.54. The second kappa shape index (κ2) is 7.36. The molecule has 0 saturated carbocycles. The summed E-state index contributed by atoms with van der Waals surface area (Å²) in [5.41, 5.74) is 1.87. The molecule has 0 saturated heterocycles. The molecule has 0 fully saturated rings. The van der Waals surface area contributed by atoms with E-state index in [0.717, 1.165) is 28.8 Å². The van der Waals surface area contributed by atoms with Crippen LogP contribution in [0, 0.1) is 5.92 Å². The van der Waals surface area contributed by atoms with Crippen LogP contribution < -0.4 is 10.6 Å². The first-order chi connectivity index (χ1) is 11.6. The van der Waals surface area contributed by atoms with Crippen LogP contribution in [-0.4, -0.2) is 21.6 Å². The number of nitrogens with zero attached hydrogens (tertiary/aromatic N) is 2. The Morgan fingerprint density at radius 1 is 1.00 bits per heavy atom. The van der Waals surface area contributed by atoms with Crippen molar-refractivity contribution in [2.75, 3.05) is 11.9 Å². The van der Waals surface area contributed by atoms with Gasteiger partial charge in [0.25, 0.3) is 0 Å². The first-order valence-electron chi connectivity index (χ1n) is 8.00. The molecule has 122 valence electrons. The number of anilines is 1. The van der Waals surface area contributed by atoms with E-state index in [1.807, 2.05) is 54.6 Å². The van der Waals surface area contributed by atoms with Crippen LogP contribution in [0.15, 0.2) is 54.6 Å². The molecule has 4 nitrogen and oxygen atoms in total. The lowest BCUT2D eigenvalue weighted by atomic mass is 10.2. The van der Waals surface area contributed by atoms with Crippen molar-refractivity contribution in [3.05, 3.63) is 54.6 Å². The number of hydrogen-bond acceptors (Lipinski definition) is 3. The molecule has 3 aromatic rings. The van der Waals surface area contributed by atoms with E-state index < -0.39 is 0 Å². The van der Waals surface area contributed by atoms with Crippen molar-refractivity contribution in [1.82, 2.24) is 15.3 Å². The zero-order chi connectivity index (χ0) is 16.9. The third-order valence-corrected chi connectivity index (χ3v) is 3.78. The number of para-hydroxylation sites is 1. The average molecular weight is 336 g/mol. The second-order valence-corrected chi connectivity index (χ2v) is 6.42. The smallest absolute Gasteiger partial charge is 0.171 e. The van der Waals surface area contributed by atoms with Gasteiger partial charge in [0.2, 0.25) is 0 Å². The molecular weight excluding hydrogens is 316 g/mol. The van der Waals surface area contributed by atoms with Crippen LogP contribution in [0.1, 0.15) is 13.8 Å². The highest BCUT2D eigenvalue weighted by Gasteiger charge is 2.10. The first-order valence-corrected chi connectivity index (χ1v) is 8.41. The van der Waals surface area contributed by atoms with Gasteiger partial charge in [0, 0.05) is 17.5 Å². The minimum atomic E-state index is 0.520. The van der Waals surface area contributed by atoms with Crippen molar-refractivity contribution < 1.29 is 0 Å². The summed E-state index contributed by atoms with van der Waals surface area (Å²) in [5, 5.41) is 7.96. The Labute approximate surface area is 147 Å². The molecule has 1 heterocycles. The molecule has 0 atom stereocenters. The van der Waals surface area contributed by atoms with Gasteiger partial charge in [-0.25, -0.2) is 9.97 Å². The number of hydrogen-bond donors (Lipinski definition) is 2. The van der Waals surface area contributed by atoms with E-state index in [1.54, 1.807) is 0 Å². The Hall–Kier alpha value is -2.53. The lowest BCUT2D eigenvalue weighted by molar-refractivity contribution is 0.627. The van der Waals surface area contributed by atoms with Gasteiger partial charge in [0.05, 0.1) is 5.52 Å². The number of rotatable bonds is 4. The van der Waals surface area contributed by atoms with E-state index in [-0.39, 0.29) is 0 Å². The standard InChI is InChI=1S/C19H20N4S/c1-13(2)12-20-19(24)23-18-15-10-6-7-11-16(15)21-17(22-18)14-8-4-3-5-9-14/h3-11,13H,12H2,1-2H3,(H2,20,21,22,23,24). The highest BCUT2D eigenvalue weighted by atomic mass is 32.1. The summed E-state index contributed by atoms with van der Waals surface area (Å²) in [6.45, 7) is 5.10. The van der Waals surface area contributed by atoms with E-state index in [0.29, 0.717) is 16.9 Å². The molecule has 0 aliphatic heterocycles. The third kappa shape index (κ3) is 3.86. The fraction of sp³-hybridized carbons (Fsp3) is 0.211. The van der Waals surface area contributed by atoms with E-state index in [4.69, 9.17) is 12.2 Å². The molecule has 0 aliphatic rings. The van der Waals surface area contributed by atoms with Gasteiger partial charge in [0.1, 0.15) is 5.82 Å². The minimum absolute atomic E-state index is 0.520. The SMILES string of the molecule is CC(C)CNC(=S)Nc1nc(-c2ccccc2)nc2ccccc12. The highest BCUT2D eigenvalue weighted by molar-refractivity contribution is 7.80. The van der Waals surface area contributed by atoms with Crippen LogP contribution in [0.4, 0.5) is 5.82 Å². The largest absolute Gasteiger partial charge is 0.362 e. The van der Waals surface area contributed by atoms with Crippen molar-refractivity contribution in [3.63, 3.8) is 0 Å². The molecule has 0 unspecified atom stereocenters. The maximum Gasteiger partial charge on any atom is 0.171 e. The predicted octanol–water partition coefficient (Wildman–Crippen LogP) is 4.24. The number of thiocarbonyl (C=S) groups is 1. The van der Waals surface area contributed by atoms with Crippen LogP contribution in [0.25, 0.3) is 22.3 Å². The van der Waals surface area contributed by atoms with Gasteiger partial charge in [-0.1, -0.05) is 56.3 Å². The van der Waals surface area contributed by atoms with Crippen LogP contribution >= 0.6 is 12.2 Å². The Kier molecular flexibility index (Phi) is 5.01. The molecular formula is C19H20N4S. The summed E-state index contributed by atoms with van der Waals surface area (Å²) >= 11 is 5.39. The van der Waals surface area contributed by atoms with Gasteiger partial charge >= 0.3 is 0 Å². The van der Waals surface area contributed by atoms with E-state index in [1.165, 1.54) is 0 Å². The van der Waals surface area contributed by atoms with E-state index >= 15 is 0 Å². The summed E-state index contributed by atoms with van der Waals surface area (Å²) < 4.78 is 0. The molecule has 0 spiro atoms. The zero-order valence-corrected chi connectivity index (χ0v) is 14.6. The molecule has 2 aromatic carbocycles. The maximum absolute atomic E-state index is 5.39. The zero-order valence-electron chi connectivity index (χ0n) is 13.8. The van der Waals surface area contributed by atoms with E-state index in [9.17, 15) is 0 Å². The number of aromatic nitrogens is 2. The van der Waals surface area contributed by atoms with Crippen LogP contribution in [0.5, 0.6) is 0 Å². The molecule has 5 heteroatoms. The van der Waals surface area contributed by atoms with Crippen LogP contribution in [-0.2, 0) is 0 Å². The second-order valence-electron chi connectivity index (χ2n) is 6.01. The number of nitrogens with one attached hydrogen (secondary N) is 2. The monoisotopic (exact) mass is 336 g/mol. The number of benzene rings is 2. The van der Waals surface area contributed by atoms with Crippen LogP contribution in [0.3, 0.4) is 0 Å². The normalized spacial score (nSPS) is 10.8. The summed E-state index contributed by atoms with van der Waals surface area (Å²) in [7, 11) is 0. The van der Waals surface area contributed by atoms with E-state index in [2.05, 4.69) is 34.4 Å². The summed E-state index contributed by atoms with van der Waals surface area (Å²) in [6, 6.07) is 17.9. The molecule has 0 amide bonds. The van der Waals surface area contributed by atoms with Gasteiger partial charge < -0.3 is 10.6 Å². The predicted molar refractivity (Wildman–Crippen MR) is 104 cm³/mol. The van der Waals surface area contributed by atoms with Crippen molar-refractivity contribution in [2.24, 2.45) is 5.92 Å². The maximum atomic E-state index is 5.39. The lowest BCUT2D eigenvalue weighted by Crippen LogP contribution is -2.31. The molecule has 2 N–H and O–H groups in total. The quantitative estimate of drug-likeness (QED) is 0.698. The highest BCUT2D eigenvalue weighted by Crippen LogP contribution is 2.24. The molecule has 0 bridgehead atoms. The molecule has 1 aromatic heterocycles. The molecule has 0 aliphatic carbocycles. The Balaban J connectivity index is 1.97. The lowest BCUT2D eigenvalue weighted by Gasteiger charge is -2.14. The Bertz CT molecular complexity index is 846. The average Bonchev–Trinajstić information content (AvgIpc) is 2.60. The van der Waals surface area contributed by atoms with Gasteiger partial charge in [-0.05, 0) is 30.3 Å². The van der Waals surface area contributed by atoms with Gasteiger partial charge in [-0.2, -0.15) is 0 Å². The van der Waals surface area contributed by atoms with Crippen molar-refractivity contribution >= 4 is 34.1 Å². The summed E-state index contributed by atoms with van der Waals surface area (Å²) in [4.78, 5) is 9.36. The topological polar surface area (TPSA) is 49.8 Å². The fourth-order valence-corrected chi connectivity index (χ4v) is 2.52. The van der Waals surface area contributed by atoms with Gasteiger partial charge in [-0.15, -0.1) is 0 Å². The summed E-state index contributed by atoms with van der Waals surface area (Å²) in [5.74, 6) is 1.93.